The summed E-state index contributed by atoms with van der Waals surface area (Å²) in [5.74, 6) is -0.346. The van der Waals surface area contributed by atoms with Crippen molar-refractivity contribution in [1.82, 2.24) is 9.97 Å². The number of allylic oxidation sites excluding steroid dienone is 5. The fourth-order valence-electron chi connectivity index (χ4n) is 2.97. The van der Waals surface area contributed by atoms with Gasteiger partial charge in [0.1, 0.15) is 18.4 Å². The van der Waals surface area contributed by atoms with Crippen molar-refractivity contribution in [1.29, 1.82) is 0 Å². The maximum absolute atomic E-state index is 11.7. The Labute approximate surface area is 207 Å². The van der Waals surface area contributed by atoms with Crippen LogP contribution in [0.5, 0.6) is 0 Å². The zero-order valence-electron chi connectivity index (χ0n) is 20.9. The molecule has 1 aromatic heterocycles. The van der Waals surface area contributed by atoms with Gasteiger partial charge in [-0.15, -0.1) is 0 Å². The van der Waals surface area contributed by atoms with Crippen LogP contribution >= 0.6 is 11.8 Å². The molecule has 0 aliphatic rings. The van der Waals surface area contributed by atoms with Gasteiger partial charge in [0.05, 0.1) is 0 Å². The summed E-state index contributed by atoms with van der Waals surface area (Å²) >= 11 is 1.52. The van der Waals surface area contributed by atoms with Gasteiger partial charge >= 0.3 is 11.9 Å². The molecule has 0 aliphatic heterocycles. The van der Waals surface area contributed by atoms with Gasteiger partial charge in [-0.05, 0) is 59.4 Å². The second-order valence-corrected chi connectivity index (χ2v) is 9.60. The minimum atomic E-state index is -0.991. The molecule has 0 aromatic carbocycles. The molecule has 188 valence electrons. The van der Waals surface area contributed by atoms with Crippen LogP contribution in [0.1, 0.15) is 53.4 Å². The molecule has 1 atom stereocenters. The van der Waals surface area contributed by atoms with Crippen molar-refractivity contribution < 1.29 is 19.8 Å². The van der Waals surface area contributed by atoms with Crippen LogP contribution in [0.3, 0.4) is 0 Å². The van der Waals surface area contributed by atoms with Crippen LogP contribution in [0.4, 0.5) is 11.8 Å². The number of carboxylic acids is 2. The fourth-order valence-corrected chi connectivity index (χ4v) is 3.97. The summed E-state index contributed by atoms with van der Waals surface area (Å²) in [6.45, 7) is 8.30. The number of aliphatic carboxylic acids is 2. The first-order chi connectivity index (χ1) is 16.1. The third kappa shape index (κ3) is 13.0. The molecule has 1 rings (SSSR count). The number of carbonyl (C=O) groups is 2. The molecule has 1 unspecified atom stereocenters. The molecule has 0 fully saturated rings. The number of thioether (sulfide) groups is 1. The number of hydrogen-bond donors (Lipinski definition) is 3. The first kappa shape index (κ1) is 29.2. The van der Waals surface area contributed by atoms with E-state index >= 15 is 0 Å². The number of likely N-dealkylation sites (N-methyl/N-ethyl adjacent to an activating group) is 1. The number of hydrogen-bond acceptors (Lipinski definition) is 7. The van der Waals surface area contributed by atoms with Gasteiger partial charge in [0.2, 0.25) is 5.95 Å². The highest BCUT2D eigenvalue weighted by atomic mass is 32.2. The molecule has 1 aromatic rings. The zero-order chi connectivity index (χ0) is 25.5. The average molecular weight is 491 g/mol. The fraction of sp³-hybridized carbons (Fsp3) is 0.520. The minimum Gasteiger partial charge on any atom is -0.480 e. The Balaban J connectivity index is 2.49. The highest BCUT2D eigenvalue weighted by molar-refractivity contribution is 7.99. The Morgan fingerprint density at radius 3 is 2.35 bits per heavy atom. The summed E-state index contributed by atoms with van der Waals surface area (Å²) in [6, 6.07) is 0.719. The van der Waals surface area contributed by atoms with E-state index in [0.29, 0.717) is 11.6 Å². The van der Waals surface area contributed by atoms with Crippen molar-refractivity contribution >= 4 is 35.5 Å². The molecule has 3 N–H and O–H groups in total. The summed E-state index contributed by atoms with van der Waals surface area (Å²) in [6.07, 6.45) is 12.4. The number of anilines is 2. The van der Waals surface area contributed by atoms with Crippen LogP contribution in [-0.4, -0.2) is 63.3 Å². The van der Waals surface area contributed by atoms with Crippen molar-refractivity contribution in [3.05, 3.63) is 47.2 Å². The smallest absolute Gasteiger partial charge is 0.327 e. The topological polar surface area (TPSA) is 116 Å². The van der Waals surface area contributed by atoms with Gasteiger partial charge in [0.25, 0.3) is 0 Å². The highest BCUT2D eigenvalue weighted by Crippen LogP contribution is 2.15. The molecule has 1 heterocycles. The van der Waals surface area contributed by atoms with Crippen LogP contribution in [0, 0.1) is 0 Å². The SMILES string of the molecule is CC(C)=CCC/C(C)=C/CC/C(C)=C/CSCC(Nc1nccc(N(C)CC(=O)O)n1)C(=O)O. The van der Waals surface area contributed by atoms with Crippen LogP contribution in [0.15, 0.2) is 47.2 Å². The Morgan fingerprint density at radius 1 is 1.09 bits per heavy atom. The molecule has 0 aliphatic carbocycles. The van der Waals surface area contributed by atoms with Crippen molar-refractivity contribution in [2.24, 2.45) is 0 Å². The summed E-state index contributed by atoms with van der Waals surface area (Å²) in [5.41, 5.74) is 4.06. The monoisotopic (exact) mass is 490 g/mol. The highest BCUT2D eigenvalue weighted by Gasteiger charge is 2.19. The number of rotatable bonds is 16. The molecular formula is C25H38N4O4S. The lowest BCUT2D eigenvalue weighted by Crippen LogP contribution is -2.33. The van der Waals surface area contributed by atoms with Gasteiger partial charge in [0.15, 0.2) is 0 Å². The lowest BCUT2D eigenvalue weighted by molar-refractivity contribution is -0.137. The van der Waals surface area contributed by atoms with Gasteiger partial charge in [0, 0.05) is 24.8 Å². The van der Waals surface area contributed by atoms with Gasteiger partial charge in [-0.2, -0.15) is 16.7 Å². The van der Waals surface area contributed by atoms with Crippen LogP contribution in [0.25, 0.3) is 0 Å². The quantitative estimate of drug-likeness (QED) is 0.217. The van der Waals surface area contributed by atoms with E-state index in [1.807, 2.05) is 0 Å². The summed E-state index contributed by atoms with van der Waals surface area (Å²) in [5, 5.41) is 21.3. The molecule has 0 amide bonds. The van der Waals surface area contributed by atoms with Crippen LogP contribution in [-0.2, 0) is 9.59 Å². The summed E-state index contributed by atoms with van der Waals surface area (Å²) in [7, 11) is 1.60. The molecule has 8 nitrogen and oxygen atoms in total. The zero-order valence-corrected chi connectivity index (χ0v) is 21.7. The Morgan fingerprint density at radius 2 is 1.74 bits per heavy atom. The van der Waals surface area contributed by atoms with Gasteiger partial charge < -0.3 is 20.4 Å². The molecule has 9 heteroatoms. The number of carboxylic acid groups (broad SMARTS) is 2. The Kier molecular flexibility index (Phi) is 13.7. The standard InChI is InChI=1S/C25H38N4O4S/c1-18(2)8-6-9-19(3)10-7-11-20(4)13-15-34-17-21(24(32)33)27-25-26-14-12-22(28-25)29(5)16-23(30)31/h8,10,12-14,21H,6-7,9,11,15-17H2,1-5H3,(H,30,31)(H,32,33)(H,26,27,28)/b19-10+,20-13+. The largest absolute Gasteiger partial charge is 0.480 e. The second kappa shape index (κ2) is 15.9. The van der Waals surface area contributed by atoms with Crippen LogP contribution in [0.2, 0.25) is 0 Å². The minimum absolute atomic E-state index is 0.154. The van der Waals surface area contributed by atoms with E-state index in [4.69, 9.17) is 5.11 Å². The van der Waals surface area contributed by atoms with Gasteiger partial charge in [-0.25, -0.2) is 9.78 Å². The lowest BCUT2D eigenvalue weighted by Gasteiger charge is -2.18. The van der Waals surface area contributed by atoms with Gasteiger partial charge in [-0.3, -0.25) is 4.79 Å². The maximum Gasteiger partial charge on any atom is 0.327 e. The molecule has 34 heavy (non-hydrogen) atoms. The maximum atomic E-state index is 11.7. The molecule has 0 radical (unpaired) electrons. The predicted molar refractivity (Wildman–Crippen MR) is 141 cm³/mol. The van der Waals surface area contributed by atoms with Gasteiger partial charge in [-0.1, -0.05) is 34.9 Å². The lowest BCUT2D eigenvalue weighted by atomic mass is 10.1. The first-order valence-electron chi connectivity index (χ1n) is 11.4. The molecule has 0 spiro atoms. The van der Waals surface area contributed by atoms with E-state index in [-0.39, 0.29) is 12.5 Å². The Hall–Kier alpha value is -2.81. The third-order valence-electron chi connectivity index (χ3n) is 4.96. The van der Waals surface area contributed by atoms with E-state index in [1.54, 1.807) is 13.1 Å². The van der Waals surface area contributed by atoms with Crippen molar-refractivity contribution in [3.63, 3.8) is 0 Å². The van der Waals surface area contributed by atoms with E-state index in [2.05, 4.69) is 61.2 Å². The van der Waals surface area contributed by atoms with Crippen molar-refractivity contribution in [2.75, 3.05) is 35.3 Å². The van der Waals surface area contributed by atoms with Crippen molar-refractivity contribution in [2.45, 2.75) is 59.4 Å². The number of nitrogens with zero attached hydrogens (tertiary/aromatic N) is 3. The normalized spacial score (nSPS) is 12.7. The van der Waals surface area contributed by atoms with Crippen LogP contribution < -0.4 is 10.2 Å². The third-order valence-corrected chi connectivity index (χ3v) is 5.93. The predicted octanol–water partition coefficient (Wildman–Crippen LogP) is 5.01. The van der Waals surface area contributed by atoms with E-state index in [9.17, 15) is 14.7 Å². The van der Waals surface area contributed by atoms with E-state index in [0.717, 1.165) is 31.4 Å². The van der Waals surface area contributed by atoms with Crippen molar-refractivity contribution in [3.8, 4) is 0 Å². The molecular weight excluding hydrogens is 452 g/mol. The first-order valence-corrected chi connectivity index (χ1v) is 12.5. The summed E-state index contributed by atoms with van der Waals surface area (Å²) < 4.78 is 0. The number of nitrogens with one attached hydrogen (secondary N) is 1. The Bertz CT molecular complexity index is 895. The molecule has 0 saturated carbocycles. The second-order valence-electron chi connectivity index (χ2n) is 8.52. The van der Waals surface area contributed by atoms with E-state index < -0.39 is 18.0 Å². The molecule has 0 bridgehead atoms. The molecule has 0 saturated heterocycles. The summed E-state index contributed by atoms with van der Waals surface area (Å²) in [4.78, 5) is 32.3. The van der Waals surface area contributed by atoms with E-state index in [1.165, 1.54) is 39.6 Å². The average Bonchev–Trinajstić information content (AvgIpc) is 2.75. The number of aromatic nitrogens is 2.